The van der Waals surface area contributed by atoms with Crippen LogP contribution in [0.5, 0.6) is 23.0 Å². The Morgan fingerprint density at radius 2 is 1.43 bits per heavy atom. The molecule has 3 aliphatic rings. The zero-order valence-corrected chi connectivity index (χ0v) is 28.2. The number of aliphatic hydroxyl groups is 7. The van der Waals surface area contributed by atoms with E-state index in [-0.39, 0.29) is 30.3 Å². The van der Waals surface area contributed by atoms with Gasteiger partial charge in [-0.2, -0.15) is 0 Å². The van der Waals surface area contributed by atoms with Crippen LogP contribution in [-0.2, 0) is 44.4 Å². The van der Waals surface area contributed by atoms with Crippen molar-refractivity contribution < 1.29 is 94.1 Å². The van der Waals surface area contributed by atoms with Gasteiger partial charge in [-0.3, -0.25) is 0 Å². The molecule has 2 aromatic carbocycles. The molecule has 14 atom stereocenters. The highest BCUT2D eigenvalue weighted by atomic mass is 16.8. The molecule has 0 saturated carbocycles. The number of aliphatic hydroxyl groups excluding tert-OH is 7. The van der Waals surface area contributed by atoms with Crippen molar-refractivity contribution in [2.75, 3.05) is 19.8 Å². The number of carbonyl (C=O) groups excluding carboxylic acids is 1. The molecular formula is C34H44O19. The lowest BCUT2D eigenvalue weighted by atomic mass is 9.96. The van der Waals surface area contributed by atoms with Crippen LogP contribution in [0.1, 0.15) is 18.1 Å². The summed E-state index contributed by atoms with van der Waals surface area (Å²) >= 11 is 0. The van der Waals surface area contributed by atoms with Gasteiger partial charge in [0.1, 0.15) is 54.9 Å². The number of hydrogen-bond donors (Lipinski definition) is 11. The maximum Gasteiger partial charge on any atom is 0.331 e. The molecule has 0 bridgehead atoms. The molecule has 5 rings (SSSR count). The largest absolute Gasteiger partial charge is 0.504 e. The van der Waals surface area contributed by atoms with E-state index in [1.165, 1.54) is 49.4 Å². The molecule has 11 N–H and O–H groups in total. The van der Waals surface area contributed by atoms with Gasteiger partial charge in [0.15, 0.2) is 48.0 Å². The summed E-state index contributed by atoms with van der Waals surface area (Å²) in [6.07, 6.45) is -20.3. The van der Waals surface area contributed by atoms with Crippen molar-refractivity contribution in [3.05, 3.63) is 53.6 Å². The Bertz CT molecular complexity index is 1560. The number of phenols is 4. The summed E-state index contributed by atoms with van der Waals surface area (Å²) in [5.41, 5.74) is 0.834. The molecule has 14 unspecified atom stereocenters. The van der Waals surface area contributed by atoms with E-state index in [2.05, 4.69) is 0 Å². The van der Waals surface area contributed by atoms with Crippen molar-refractivity contribution in [2.24, 2.45) is 0 Å². The molecule has 0 spiro atoms. The van der Waals surface area contributed by atoms with E-state index in [4.69, 9.17) is 33.2 Å². The average Bonchev–Trinajstić information content (AvgIpc) is 3.13. The summed E-state index contributed by atoms with van der Waals surface area (Å²) in [6, 6.07) is 7.85. The Hall–Kier alpha value is -3.67. The van der Waals surface area contributed by atoms with E-state index in [0.717, 1.165) is 6.08 Å². The van der Waals surface area contributed by atoms with Crippen LogP contribution in [0.25, 0.3) is 6.08 Å². The van der Waals surface area contributed by atoms with Gasteiger partial charge >= 0.3 is 5.97 Å². The third-order valence-electron chi connectivity index (χ3n) is 8.99. The standard InChI is InChI=1S/C34H44O19/c1-14-24(42)26(44)31(53-32-27(45)25(43)21(40)13-48-32)34(49-14)52-30-28(46)33(47-9-8-16-3-6-18(37)20(39)11-16)50-22(12-35)29(30)51-23(41)7-4-15-2-5-17(36)19(38)10-15/h2-7,10-11,14,21-22,24-40,42-46H,8-9,12-13H2,1H3. The molecule has 19 nitrogen and oxygen atoms in total. The van der Waals surface area contributed by atoms with Crippen molar-refractivity contribution in [2.45, 2.75) is 99.4 Å². The van der Waals surface area contributed by atoms with Crippen molar-refractivity contribution in [1.82, 2.24) is 0 Å². The quantitative estimate of drug-likeness (QED) is 0.0603. The van der Waals surface area contributed by atoms with Crippen LogP contribution in [0, 0.1) is 0 Å². The predicted molar refractivity (Wildman–Crippen MR) is 174 cm³/mol. The third-order valence-corrected chi connectivity index (χ3v) is 8.99. The van der Waals surface area contributed by atoms with E-state index in [0.29, 0.717) is 11.1 Å². The maximum absolute atomic E-state index is 13.1. The van der Waals surface area contributed by atoms with Crippen molar-refractivity contribution >= 4 is 12.0 Å². The van der Waals surface area contributed by atoms with Crippen LogP contribution >= 0.6 is 0 Å². The topological polar surface area (TPSA) is 304 Å². The molecule has 0 radical (unpaired) electrons. The molecule has 53 heavy (non-hydrogen) atoms. The number of benzene rings is 2. The Morgan fingerprint density at radius 3 is 2.11 bits per heavy atom. The molecule has 2 aromatic rings. The van der Waals surface area contributed by atoms with Crippen LogP contribution in [0.3, 0.4) is 0 Å². The summed E-state index contributed by atoms with van der Waals surface area (Å²) in [4.78, 5) is 13.1. The fourth-order valence-corrected chi connectivity index (χ4v) is 5.94. The van der Waals surface area contributed by atoms with E-state index < -0.39 is 111 Å². The molecule has 3 heterocycles. The number of ether oxygens (including phenoxy) is 7. The maximum atomic E-state index is 13.1. The minimum absolute atomic E-state index is 0.137. The lowest BCUT2D eigenvalue weighted by molar-refractivity contribution is -0.381. The van der Waals surface area contributed by atoms with Gasteiger partial charge in [0, 0.05) is 6.08 Å². The van der Waals surface area contributed by atoms with Gasteiger partial charge in [0.05, 0.1) is 25.9 Å². The summed E-state index contributed by atoms with van der Waals surface area (Å²) < 4.78 is 40.1. The molecule has 3 saturated heterocycles. The van der Waals surface area contributed by atoms with Gasteiger partial charge in [0.2, 0.25) is 0 Å². The zero-order chi connectivity index (χ0) is 38.6. The van der Waals surface area contributed by atoms with Gasteiger partial charge < -0.3 is 89.3 Å². The van der Waals surface area contributed by atoms with E-state index >= 15 is 0 Å². The molecule has 0 aromatic heterocycles. The number of aromatic hydroxyl groups is 4. The second-order valence-corrected chi connectivity index (χ2v) is 12.8. The van der Waals surface area contributed by atoms with Gasteiger partial charge in [-0.15, -0.1) is 0 Å². The molecule has 3 aliphatic heterocycles. The molecule has 3 fully saturated rings. The molecule has 0 amide bonds. The van der Waals surface area contributed by atoms with Crippen LogP contribution in [0.15, 0.2) is 42.5 Å². The van der Waals surface area contributed by atoms with Gasteiger partial charge in [-0.25, -0.2) is 4.79 Å². The minimum atomic E-state index is -1.82. The summed E-state index contributed by atoms with van der Waals surface area (Å²) in [6.45, 7) is -0.0224. The van der Waals surface area contributed by atoms with E-state index in [1.807, 2.05) is 0 Å². The predicted octanol–water partition coefficient (Wildman–Crippen LogP) is -2.55. The molecule has 0 aliphatic carbocycles. The van der Waals surface area contributed by atoms with Crippen molar-refractivity contribution in [3.8, 4) is 23.0 Å². The first kappa shape index (κ1) is 40.5. The van der Waals surface area contributed by atoms with Gasteiger partial charge in [-0.1, -0.05) is 12.1 Å². The van der Waals surface area contributed by atoms with Crippen LogP contribution in [0.4, 0.5) is 0 Å². The first-order valence-corrected chi connectivity index (χ1v) is 16.6. The SMILES string of the molecule is CC1OC(OC2C(O)C(OCCc3ccc(O)c(O)c3)OC(CO)C2OC(=O)C=Cc2ccc(O)c(O)c2)C(OC2OCC(O)C(O)C2O)C(O)C1O. The Labute approximate surface area is 302 Å². The fraction of sp³-hybridized carbons (Fsp3) is 0.559. The zero-order valence-electron chi connectivity index (χ0n) is 28.2. The Balaban J connectivity index is 1.39. The lowest BCUT2D eigenvalue weighted by Crippen LogP contribution is -2.66. The fourth-order valence-electron chi connectivity index (χ4n) is 5.94. The second-order valence-electron chi connectivity index (χ2n) is 12.8. The number of esters is 1. The average molecular weight is 757 g/mol. The molecule has 19 heteroatoms. The number of carbonyl (C=O) groups is 1. The first-order chi connectivity index (χ1) is 25.2. The summed E-state index contributed by atoms with van der Waals surface area (Å²) in [7, 11) is 0. The highest BCUT2D eigenvalue weighted by molar-refractivity contribution is 5.87. The number of rotatable bonds is 12. The van der Waals surface area contributed by atoms with Crippen LogP contribution in [0.2, 0.25) is 0 Å². The molecule has 294 valence electrons. The highest BCUT2D eigenvalue weighted by Crippen LogP contribution is 2.34. The minimum Gasteiger partial charge on any atom is -0.504 e. The van der Waals surface area contributed by atoms with Gasteiger partial charge in [0.25, 0.3) is 0 Å². The smallest absolute Gasteiger partial charge is 0.331 e. The highest BCUT2D eigenvalue weighted by Gasteiger charge is 2.54. The van der Waals surface area contributed by atoms with E-state index in [9.17, 15) is 61.0 Å². The van der Waals surface area contributed by atoms with Crippen molar-refractivity contribution in [1.29, 1.82) is 0 Å². The number of hydrogen-bond acceptors (Lipinski definition) is 19. The Kier molecular flexibility index (Phi) is 13.5. The van der Waals surface area contributed by atoms with Crippen molar-refractivity contribution in [3.63, 3.8) is 0 Å². The van der Waals surface area contributed by atoms with E-state index in [1.54, 1.807) is 0 Å². The van der Waals surface area contributed by atoms with Gasteiger partial charge in [-0.05, 0) is 54.8 Å². The Morgan fingerprint density at radius 1 is 0.755 bits per heavy atom. The first-order valence-electron chi connectivity index (χ1n) is 16.6. The molecular weight excluding hydrogens is 712 g/mol. The number of phenolic OH excluding ortho intramolecular Hbond substituents is 4. The normalized spacial score (nSPS) is 36.4. The summed E-state index contributed by atoms with van der Waals surface area (Å²) in [5, 5.41) is 113. The van der Waals surface area contributed by atoms with Crippen LogP contribution in [-0.4, -0.2) is 168 Å². The monoisotopic (exact) mass is 756 g/mol. The third kappa shape index (κ3) is 9.53. The lowest BCUT2D eigenvalue weighted by Gasteiger charge is -2.48. The van der Waals surface area contributed by atoms with Crippen LogP contribution < -0.4 is 0 Å². The second kappa shape index (κ2) is 17.6. The summed E-state index contributed by atoms with van der Waals surface area (Å²) in [5.74, 6) is -2.58.